The van der Waals surface area contributed by atoms with E-state index in [4.69, 9.17) is 18.0 Å². The predicted octanol–water partition coefficient (Wildman–Crippen LogP) is 3.31. The molecular weight excluding hydrogens is 235 g/mol. The third-order valence-electron chi connectivity index (χ3n) is 2.48. The predicted molar refractivity (Wildman–Crippen MR) is 74.8 cm³/mol. The highest BCUT2D eigenvalue weighted by molar-refractivity contribution is 7.80. The van der Waals surface area contributed by atoms with Crippen molar-refractivity contribution >= 4 is 22.9 Å². The summed E-state index contributed by atoms with van der Waals surface area (Å²) in [7, 11) is 0. The van der Waals surface area contributed by atoms with Gasteiger partial charge in [0.25, 0.3) is 0 Å². The Hall–Kier alpha value is -1.16. The van der Waals surface area contributed by atoms with Crippen LogP contribution in [0.3, 0.4) is 0 Å². The fourth-order valence-corrected chi connectivity index (χ4v) is 1.94. The molecule has 94 valence electrons. The monoisotopic (exact) mass is 254 g/mol. The molecule has 0 aromatic heterocycles. The molecule has 0 spiro atoms. The van der Waals surface area contributed by atoms with Crippen molar-refractivity contribution in [2.45, 2.75) is 33.2 Å². The van der Waals surface area contributed by atoms with Crippen molar-refractivity contribution in [2.24, 2.45) is 11.7 Å². The van der Waals surface area contributed by atoms with Crippen LogP contribution in [0.15, 0.2) is 18.2 Å². The van der Waals surface area contributed by atoms with E-state index in [1.54, 1.807) is 12.1 Å². The van der Waals surface area contributed by atoms with Crippen LogP contribution in [0.1, 0.15) is 32.8 Å². The van der Waals surface area contributed by atoms with Crippen LogP contribution in [0.25, 0.3) is 0 Å². The van der Waals surface area contributed by atoms with Crippen LogP contribution in [0.5, 0.6) is 0 Å². The quantitative estimate of drug-likeness (QED) is 0.792. The largest absolute Gasteiger partial charge is 0.389 e. The SMILES string of the molecule is CC(C)CC(C)Nc1ccc(C(N)=S)cc1F. The molecule has 3 N–H and O–H groups in total. The fourth-order valence-electron chi connectivity index (χ4n) is 1.82. The molecule has 0 aliphatic carbocycles. The first-order chi connectivity index (χ1) is 7.90. The minimum absolute atomic E-state index is 0.214. The van der Waals surface area contributed by atoms with Crippen LogP contribution >= 0.6 is 12.2 Å². The lowest BCUT2D eigenvalue weighted by Crippen LogP contribution is -2.18. The molecule has 0 amide bonds. The summed E-state index contributed by atoms with van der Waals surface area (Å²) in [6, 6.07) is 5.02. The molecule has 0 aliphatic rings. The van der Waals surface area contributed by atoms with Crippen molar-refractivity contribution in [2.75, 3.05) is 5.32 Å². The molecule has 0 bridgehead atoms. The van der Waals surface area contributed by atoms with E-state index in [-0.39, 0.29) is 16.8 Å². The van der Waals surface area contributed by atoms with Gasteiger partial charge in [-0.15, -0.1) is 0 Å². The van der Waals surface area contributed by atoms with Crippen LogP contribution in [0.2, 0.25) is 0 Å². The summed E-state index contributed by atoms with van der Waals surface area (Å²) in [6.07, 6.45) is 0.997. The topological polar surface area (TPSA) is 38.0 Å². The highest BCUT2D eigenvalue weighted by Crippen LogP contribution is 2.18. The smallest absolute Gasteiger partial charge is 0.146 e. The highest BCUT2D eigenvalue weighted by Gasteiger charge is 2.09. The Balaban J connectivity index is 2.75. The van der Waals surface area contributed by atoms with Gasteiger partial charge in [0.2, 0.25) is 0 Å². The Morgan fingerprint density at radius 3 is 2.53 bits per heavy atom. The van der Waals surface area contributed by atoms with Crippen molar-refractivity contribution in [1.29, 1.82) is 0 Å². The average molecular weight is 254 g/mol. The van der Waals surface area contributed by atoms with Crippen LogP contribution in [-0.2, 0) is 0 Å². The minimum Gasteiger partial charge on any atom is -0.389 e. The van der Waals surface area contributed by atoms with Gasteiger partial charge < -0.3 is 11.1 Å². The number of nitrogens with one attached hydrogen (secondary N) is 1. The van der Waals surface area contributed by atoms with Gasteiger partial charge in [0.15, 0.2) is 0 Å². The summed E-state index contributed by atoms with van der Waals surface area (Å²) in [6.45, 7) is 6.33. The van der Waals surface area contributed by atoms with Gasteiger partial charge in [-0.1, -0.05) is 26.1 Å². The number of rotatable bonds is 5. The van der Waals surface area contributed by atoms with E-state index in [0.29, 0.717) is 17.2 Å². The Bertz CT molecular complexity index is 404. The van der Waals surface area contributed by atoms with Gasteiger partial charge in [-0.2, -0.15) is 0 Å². The van der Waals surface area contributed by atoms with Gasteiger partial charge >= 0.3 is 0 Å². The maximum Gasteiger partial charge on any atom is 0.146 e. The second kappa shape index (κ2) is 5.96. The lowest BCUT2D eigenvalue weighted by Gasteiger charge is -2.18. The molecule has 0 aliphatic heterocycles. The first-order valence-electron chi connectivity index (χ1n) is 5.76. The normalized spacial score (nSPS) is 12.5. The van der Waals surface area contributed by atoms with Crippen molar-refractivity contribution < 1.29 is 4.39 Å². The van der Waals surface area contributed by atoms with E-state index < -0.39 is 0 Å². The zero-order valence-corrected chi connectivity index (χ0v) is 11.3. The maximum absolute atomic E-state index is 13.7. The molecule has 1 aromatic rings. The average Bonchev–Trinajstić information content (AvgIpc) is 2.19. The minimum atomic E-state index is -0.314. The molecule has 17 heavy (non-hydrogen) atoms. The van der Waals surface area contributed by atoms with Crippen molar-refractivity contribution in [3.05, 3.63) is 29.6 Å². The molecule has 0 saturated carbocycles. The van der Waals surface area contributed by atoms with Crippen LogP contribution in [0.4, 0.5) is 10.1 Å². The number of nitrogens with two attached hydrogens (primary N) is 1. The number of hydrogen-bond donors (Lipinski definition) is 2. The zero-order chi connectivity index (χ0) is 13.0. The molecule has 1 atom stereocenters. The molecular formula is C13H19FN2S. The molecule has 4 heteroatoms. The molecule has 0 saturated heterocycles. The Morgan fingerprint density at radius 1 is 1.41 bits per heavy atom. The molecule has 0 radical (unpaired) electrons. The molecule has 2 nitrogen and oxygen atoms in total. The Kier molecular flexibility index (Phi) is 4.87. The molecule has 1 unspecified atom stereocenters. The van der Waals surface area contributed by atoms with Gasteiger partial charge in [0.1, 0.15) is 10.8 Å². The molecule has 0 fully saturated rings. The Labute approximate surface area is 107 Å². The van der Waals surface area contributed by atoms with Gasteiger partial charge in [-0.25, -0.2) is 4.39 Å². The molecule has 1 rings (SSSR count). The zero-order valence-electron chi connectivity index (χ0n) is 10.5. The second-order valence-electron chi connectivity index (χ2n) is 4.73. The van der Waals surface area contributed by atoms with Crippen LogP contribution in [0, 0.1) is 11.7 Å². The first-order valence-corrected chi connectivity index (χ1v) is 6.17. The lowest BCUT2D eigenvalue weighted by molar-refractivity contribution is 0.536. The number of thiocarbonyl (C=S) groups is 1. The van der Waals surface area contributed by atoms with E-state index in [2.05, 4.69) is 19.2 Å². The van der Waals surface area contributed by atoms with Crippen LogP contribution < -0.4 is 11.1 Å². The van der Waals surface area contributed by atoms with E-state index >= 15 is 0 Å². The fraction of sp³-hybridized carbons (Fsp3) is 0.462. The van der Waals surface area contributed by atoms with Gasteiger partial charge in [0.05, 0.1) is 5.69 Å². The summed E-state index contributed by atoms with van der Waals surface area (Å²) in [5.41, 5.74) is 6.50. The molecule has 1 aromatic carbocycles. The van der Waals surface area contributed by atoms with Crippen molar-refractivity contribution in [3.63, 3.8) is 0 Å². The van der Waals surface area contributed by atoms with E-state index in [9.17, 15) is 4.39 Å². The first kappa shape index (κ1) is 13.9. The van der Waals surface area contributed by atoms with Crippen molar-refractivity contribution in [3.8, 4) is 0 Å². The van der Waals surface area contributed by atoms with E-state index in [1.807, 2.05) is 6.92 Å². The third-order valence-corrected chi connectivity index (χ3v) is 2.72. The summed E-state index contributed by atoms with van der Waals surface area (Å²) < 4.78 is 13.7. The summed E-state index contributed by atoms with van der Waals surface area (Å²) in [4.78, 5) is 0.214. The number of hydrogen-bond acceptors (Lipinski definition) is 2. The summed E-state index contributed by atoms with van der Waals surface area (Å²) in [5.74, 6) is 0.266. The van der Waals surface area contributed by atoms with Gasteiger partial charge in [-0.05, 0) is 37.5 Å². The van der Waals surface area contributed by atoms with Crippen molar-refractivity contribution in [1.82, 2.24) is 0 Å². The summed E-state index contributed by atoms with van der Waals surface area (Å²) in [5, 5.41) is 3.15. The third kappa shape index (κ3) is 4.30. The molecule has 0 heterocycles. The Morgan fingerprint density at radius 2 is 2.06 bits per heavy atom. The second-order valence-corrected chi connectivity index (χ2v) is 5.17. The standard InChI is InChI=1S/C13H19FN2S/c1-8(2)6-9(3)16-12-5-4-10(13(15)17)7-11(12)14/h4-5,7-9,16H,6H2,1-3H3,(H2,15,17). The van der Waals surface area contributed by atoms with Gasteiger partial charge in [-0.3, -0.25) is 0 Å². The van der Waals surface area contributed by atoms with Crippen LogP contribution in [-0.4, -0.2) is 11.0 Å². The lowest BCUT2D eigenvalue weighted by atomic mass is 10.0. The number of halogens is 1. The van der Waals surface area contributed by atoms with Gasteiger partial charge in [0, 0.05) is 11.6 Å². The maximum atomic E-state index is 13.7. The summed E-state index contributed by atoms with van der Waals surface area (Å²) >= 11 is 4.80. The number of anilines is 1. The van der Waals surface area contributed by atoms with E-state index in [0.717, 1.165) is 6.42 Å². The van der Waals surface area contributed by atoms with E-state index in [1.165, 1.54) is 6.07 Å². The number of benzene rings is 1. The highest BCUT2D eigenvalue weighted by atomic mass is 32.1.